The minimum absolute atomic E-state index is 0.487. The minimum atomic E-state index is -4.29. The van der Waals surface area contributed by atoms with E-state index in [1.54, 1.807) is 7.05 Å². The van der Waals surface area contributed by atoms with E-state index < -0.39 is 11.7 Å². The third kappa shape index (κ3) is 5.65. The molecule has 1 aromatic rings. The van der Waals surface area contributed by atoms with Crippen LogP contribution in [0.25, 0.3) is 0 Å². The summed E-state index contributed by atoms with van der Waals surface area (Å²) in [4.78, 5) is 6.04. The number of nitrogens with one attached hydrogen (secondary N) is 1. The summed E-state index contributed by atoms with van der Waals surface area (Å²) in [5.41, 5.74) is 0.175. The zero-order valence-corrected chi connectivity index (χ0v) is 12.8. The van der Waals surface area contributed by atoms with Gasteiger partial charge in [0.15, 0.2) is 5.96 Å². The number of rotatable bonds is 4. The van der Waals surface area contributed by atoms with Gasteiger partial charge in [-0.2, -0.15) is 13.2 Å². The predicted molar refractivity (Wildman–Crippen MR) is 79.1 cm³/mol. The number of hydrogen-bond acceptors (Lipinski definition) is 1. The first-order valence-corrected chi connectivity index (χ1v) is 6.82. The summed E-state index contributed by atoms with van der Waals surface area (Å²) in [5.74, 6) is 1.21. The van der Waals surface area contributed by atoms with Crippen molar-refractivity contribution in [2.24, 2.45) is 10.9 Å². The van der Waals surface area contributed by atoms with Gasteiger partial charge in [0.05, 0.1) is 5.56 Å². The largest absolute Gasteiger partial charge is 0.416 e. The van der Waals surface area contributed by atoms with Gasteiger partial charge in [-0.1, -0.05) is 26.0 Å². The molecule has 1 rings (SSSR count). The summed E-state index contributed by atoms with van der Waals surface area (Å²) < 4.78 is 37.5. The number of alkyl halides is 3. The first-order chi connectivity index (χ1) is 9.74. The summed E-state index contributed by atoms with van der Waals surface area (Å²) in [6.45, 7) is 5.48. The summed E-state index contributed by atoms with van der Waals surface area (Å²) in [5, 5.41) is 3.22. The van der Waals surface area contributed by atoms with Crippen molar-refractivity contribution in [3.8, 4) is 0 Å². The second kappa shape index (κ2) is 7.33. The van der Waals surface area contributed by atoms with Gasteiger partial charge in [0.2, 0.25) is 0 Å². The fourth-order valence-corrected chi connectivity index (χ4v) is 1.83. The normalized spacial score (nSPS) is 12.7. The van der Waals surface area contributed by atoms with Gasteiger partial charge in [-0.05, 0) is 23.6 Å². The number of hydrogen-bond donors (Lipinski definition) is 1. The van der Waals surface area contributed by atoms with Crippen LogP contribution in [0.3, 0.4) is 0 Å². The zero-order chi connectivity index (χ0) is 16.0. The highest BCUT2D eigenvalue weighted by Gasteiger charge is 2.29. The molecule has 0 saturated carbocycles. The summed E-state index contributed by atoms with van der Waals surface area (Å²) >= 11 is 0. The smallest absolute Gasteiger partial charge is 0.356 e. The lowest BCUT2D eigenvalue weighted by Crippen LogP contribution is -2.40. The van der Waals surface area contributed by atoms with E-state index in [-0.39, 0.29) is 0 Å². The van der Waals surface area contributed by atoms with E-state index in [0.717, 1.165) is 30.2 Å². The van der Waals surface area contributed by atoms with Crippen LogP contribution in [0.5, 0.6) is 0 Å². The highest BCUT2D eigenvalue weighted by molar-refractivity contribution is 5.79. The van der Waals surface area contributed by atoms with Crippen molar-refractivity contribution in [2.75, 3.05) is 20.6 Å². The molecule has 0 aliphatic carbocycles. The highest BCUT2D eigenvalue weighted by Crippen LogP contribution is 2.29. The Kier molecular flexibility index (Phi) is 6.05. The van der Waals surface area contributed by atoms with Crippen LogP contribution >= 0.6 is 0 Å². The molecule has 0 aliphatic heterocycles. The van der Waals surface area contributed by atoms with Crippen molar-refractivity contribution >= 4 is 5.96 Å². The molecule has 21 heavy (non-hydrogen) atoms. The second-order valence-corrected chi connectivity index (χ2v) is 5.37. The Labute approximate surface area is 123 Å². The Morgan fingerprint density at radius 2 is 1.81 bits per heavy atom. The molecule has 0 atom stereocenters. The van der Waals surface area contributed by atoms with E-state index in [4.69, 9.17) is 0 Å². The van der Waals surface area contributed by atoms with Crippen molar-refractivity contribution in [3.05, 3.63) is 35.4 Å². The standard InChI is InChI=1S/C15H22F3N3/c1-11(2)9-20-14(19-3)21(4)10-12-5-7-13(8-6-12)15(16,17)18/h5-8,11H,9-10H2,1-4H3,(H,19,20). The van der Waals surface area contributed by atoms with Crippen LogP contribution in [0.1, 0.15) is 25.0 Å². The van der Waals surface area contributed by atoms with E-state index in [0.29, 0.717) is 12.5 Å². The summed E-state index contributed by atoms with van der Waals surface area (Å²) in [6.07, 6.45) is -4.29. The Morgan fingerprint density at radius 3 is 2.24 bits per heavy atom. The molecule has 0 spiro atoms. The van der Waals surface area contributed by atoms with E-state index in [2.05, 4.69) is 24.2 Å². The van der Waals surface area contributed by atoms with E-state index >= 15 is 0 Å². The Morgan fingerprint density at radius 1 is 1.24 bits per heavy atom. The molecule has 0 fully saturated rings. The van der Waals surface area contributed by atoms with Crippen LogP contribution in [0.4, 0.5) is 13.2 Å². The molecule has 3 nitrogen and oxygen atoms in total. The molecular formula is C15H22F3N3. The maximum Gasteiger partial charge on any atom is 0.416 e. The lowest BCUT2D eigenvalue weighted by Gasteiger charge is -2.23. The molecule has 0 unspecified atom stereocenters. The van der Waals surface area contributed by atoms with Gasteiger partial charge in [-0.3, -0.25) is 4.99 Å². The minimum Gasteiger partial charge on any atom is -0.356 e. The van der Waals surface area contributed by atoms with Gasteiger partial charge in [0.25, 0.3) is 0 Å². The predicted octanol–water partition coefficient (Wildman–Crippen LogP) is 3.37. The lowest BCUT2D eigenvalue weighted by molar-refractivity contribution is -0.137. The maximum atomic E-state index is 12.5. The van der Waals surface area contributed by atoms with Crippen molar-refractivity contribution in [3.63, 3.8) is 0 Å². The molecule has 118 valence electrons. The number of guanidine groups is 1. The first kappa shape index (κ1) is 17.3. The number of nitrogens with zero attached hydrogens (tertiary/aromatic N) is 2. The number of benzene rings is 1. The van der Waals surface area contributed by atoms with Crippen molar-refractivity contribution in [1.82, 2.24) is 10.2 Å². The molecule has 0 saturated heterocycles. The van der Waals surface area contributed by atoms with E-state index in [9.17, 15) is 13.2 Å². The van der Waals surface area contributed by atoms with Crippen LogP contribution in [-0.2, 0) is 12.7 Å². The van der Waals surface area contributed by atoms with Crippen molar-refractivity contribution in [2.45, 2.75) is 26.6 Å². The zero-order valence-electron chi connectivity index (χ0n) is 12.8. The van der Waals surface area contributed by atoms with Gasteiger partial charge in [0.1, 0.15) is 0 Å². The van der Waals surface area contributed by atoms with Crippen LogP contribution in [0.15, 0.2) is 29.3 Å². The first-order valence-electron chi connectivity index (χ1n) is 6.82. The highest BCUT2D eigenvalue weighted by atomic mass is 19.4. The fourth-order valence-electron chi connectivity index (χ4n) is 1.83. The molecular weight excluding hydrogens is 279 g/mol. The quantitative estimate of drug-likeness (QED) is 0.682. The number of aliphatic imine (C=N–C) groups is 1. The van der Waals surface area contributed by atoms with Gasteiger partial charge in [-0.25, -0.2) is 0 Å². The SMILES string of the molecule is CN=C(NCC(C)C)N(C)Cc1ccc(C(F)(F)F)cc1. The molecule has 0 aromatic heterocycles. The molecule has 1 N–H and O–H groups in total. The van der Waals surface area contributed by atoms with Crippen LogP contribution in [0, 0.1) is 5.92 Å². The maximum absolute atomic E-state index is 12.5. The lowest BCUT2D eigenvalue weighted by atomic mass is 10.1. The molecule has 0 aliphatic rings. The monoisotopic (exact) mass is 301 g/mol. The molecule has 0 amide bonds. The van der Waals surface area contributed by atoms with E-state index in [1.165, 1.54) is 12.1 Å². The third-order valence-corrected chi connectivity index (χ3v) is 2.94. The van der Waals surface area contributed by atoms with Crippen LogP contribution in [0.2, 0.25) is 0 Å². The van der Waals surface area contributed by atoms with Crippen LogP contribution < -0.4 is 5.32 Å². The topological polar surface area (TPSA) is 27.6 Å². The van der Waals surface area contributed by atoms with Gasteiger partial charge < -0.3 is 10.2 Å². The molecule has 1 aromatic carbocycles. The summed E-state index contributed by atoms with van der Waals surface area (Å²) in [7, 11) is 3.54. The fraction of sp³-hybridized carbons (Fsp3) is 0.533. The Hall–Kier alpha value is -1.72. The van der Waals surface area contributed by atoms with E-state index in [1.807, 2.05) is 11.9 Å². The second-order valence-electron chi connectivity index (χ2n) is 5.37. The number of halogens is 3. The molecule has 0 radical (unpaired) electrons. The molecule has 0 bridgehead atoms. The van der Waals surface area contributed by atoms with Crippen LogP contribution in [-0.4, -0.2) is 31.5 Å². The average molecular weight is 301 g/mol. The molecule has 6 heteroatoms. The Balaban J connectivity index is 2.67. The van der Waals surface area contributed by atoms with Crippen molar-refractivity contribution < 1.29 is 13.2 Å². The van der Waals surface area contributed by atoms with Crippen molar-refractivity contribution in [1.29, 1.82) is 0 Å². The molecule has 0 heterocycles. The summed E-state index contributed by atoms with van der Waals surface area (Å²) in [6, 6.07) is 5.20. The van der Waals surface area contributed by atoms with Gasteiger partial charge in [0, 0.05) is 27.2 Å². The Bertz CT molecular complexity index is 464. The third-order valence-electron chi connectivity index (χ3n) is 2.94. The van der Waals surface area contributed by atoms with Gasteiger partial charge >= 0.3 is 6.18 Å². The van der Waals surface area contributed by atoms with Gasteiger partial charge in [-0.15, -0.1) is 0 Å². The average Bonchev–Trinajstić information content (AvgIpc) is 2.38.